The summed E-state index contributed by atoms with van der Waals surface area (Å²) in [6.45, 7) is 15.7. The summed E-state index contributed by atoms with van der Waals surface area (Å²) < 4.78 is 0. The SMILES string of the molecule is CC.CC1CCC(C)(N)CCCC(C)(N)CCCCC1(C)C. The monoisotopic (exact) mass is 312 g/mol. The lowest BCUT2D eigenvalue weighted by atomic mass is 9.72. The van der Waals surface area contributed by atoms with Crippen LogP contribution in [-0.4, -0.2) is 11.1 Å². The molecule has 0 aromatic rings. The molecular weight excluding hydrogens is 268 g/mol. The van der Waals surface area contributed by atoms with E-state index in [2.05, 4.69) is 34.6 Å². The van der Waals surface area contributed by atoms with Crippen LogP contribution in [0, 0.1) is 11.3 Å². The van der Waals surface area contributed by atoms with Gasteiger partial charge in [0, 0.05) is 11.1 Å². The number of hydrogen-bond acceptors (Lipinski definition) is 2. The molecule has 1 fully saturated rings. The molecule has 0 heterocycles. The Balaban J connectivity index is 0.00000211. The minimum absolute atomic E-state index is 0.000106. The highest BCUT2D eigenvalue weighted by Gasteiger charge is 2.29. The third-order valence-electron chi connectivity index (χ3n) is 5.80. The molecule has 3 unspecified atom stereocenters. The quantitative estimate of drug-likeness (QED) is 0.608. The highest BCUT2D eigenvalue weighted by molar-refractivity contribution is 4.86. The van der Waals surface area contributed by atoms with Crippen molar-refractivity contribution in [3.05, 3.63) is 0 Å². The van der Waals surface area contributed by atoms with Gasteiger partial charge in [0.25, 0.3) is 0 Å². The first-order valence-corrected chi connectivity index (χ1v) is 9.62. The predicted octanol–water partition coefficient (Wildman–Crippen LogP) is 5.63. The molecule has 0 saturated heterocycles. The zero-order valence-electron chi connectivity index (χ0n) is 16.6. The van der Waals surface area contributed by atoms with E-state index in [-0.39, 0.29) is 11.1 Å². The van der Waals surface area contributed by atoms with Crippen molar-refractivity contribution in [1.82, 2.24) is 0 Å². The average Bonchev–Trinajstić information content (AvgIpc) is 2.42. The lowest BCUT2D eigenvalue weighted by molar-refractivity contribution is 0.179. The van der Waals surface area contributed by atoms with Gasteiger partial charge in [-0.25, -0.2) is 0 Å². The number of nitrogens with two attached hydrogens (primary N) is 2. The fraction of sp³-hybridized carbons (Fsp3) is 1.00. The van der Waals surface area contributed by atoms with Gasteiger partial charge in [-0.05, 0) is 70.1 Å². The molecule has 134 valence electrons. The van der Waals surface area contributed by atoms with E-state index in [1.54, 1.807) is 0 Å². The predicted molar refractivity (Wildman–Crippen MR) is 101 cm³/mol. The Labute approximate surface area is 140 Å². The van der Waals surface area contributed by atoms with Gasteiger partial charge in [0.05, 0.1) is 0 Å². The second-order valence-electron chi connectivity index (χ2n) is 8.80. The Kier molecular flexibility index (Phi) is 9.24. The first-order chi connectivity index (χ1) is 10.0. The number of hydrogen-bond donors (Lipinski definition) is 2. The van der Waals surface area contributed by atoms with Crippen LogP contribution in [0.3, 0.4) is 0 Å². The van der Waals surface area contributed by atoms with E-state index >= 15 is 0 Å². The molecule has 2 nitrogen and oxygen atoms in total. The number of rotatable bonds is 0. The van der Waals surface area contributed by atoms with Crippen LogP contribution in [0.1, 0.15) is 106 Å². The van der Waals surface area contributed by atoms with Crippen LogP contribution in [0.4, 0.5) is 0 Å². The minimum Gasteiger partial charge on any atom is -0.325 e. The molecule has 2 heteroatoms. The fourth-order valence-electron chi connectivity index (χ4n) is 3.44. The summed E-state index contributed by atoms with van der Waals surface area (Å²) in [5, 5.41) is 0. The van der Waals surface area contributed by atoms with Crippen LogP contribution in [0.25, 0.3) is 0 Å². The molecule has 0 aromatic carbocycles. The summed E-state index contributed by atoms with van der Waals surface area (Å²) in [4.78, 5) is 0. The molecule has 0 radical (unpaired) electrons. The normalized spacial score (nSPS) is 37.8. The first kappa shape index (κ1) is 21.9. The lowest BCUT2D eigenvalue weighted by Crippen LogP contribution is -2.39. The van der Waals surface area contributed by atoms with Crippen molar-refractivity contribution in [3.8, 4) is 0 Å². The maximum Gasteiger partial charge on any atom is 0.0126 e. The van der Waals surface area contributed by atoms with Gasteiger partial charge in [0.1, 0.15) is 0 Å². The van der Waals surface area contributed by atoms with E-state index in [1.165, 1.54) is 25.7 Å². The molecule has 22 heavy (non-hydrogen) atoms. The molecule has 1 rings (SSSR count). The first-order valence-electron chi connectivity index (χ1n) is 9.62. The lowest BCUT2D eigenvalue weighted by Gasteiger charge is -2.34. The van der Waals surface area contributed by atoms with Crippen LogP contribution < -0.4 is 11.5 Å². The van der Waals surface area contributed by atoms with Crippen LogP contribution >= 0.6 is 0 Å². The van der Waals surface area contributed by atoms with Crippen molar-refractivity contribution in [3.63, 3.8) is 0 Å². The second-order valence-corrected chi connectivity index (χ2v) is 8.80. The molecule has 0 bridgehead atoms. The Morgan fingerprint density at radius 1 is 0.682 bits per heavy atom. The van der Waals surface area contributed by atoms with Gasteiger partial charge < -0.3 is 11.5 Å². The van der Waals surface area contributed by atoms with Gasteiger partial charge in [0.15, 0.2) is 0 Å². The van der Waals surface area contributed by atoms with Crippen LogP contribution in [-0.2, 0) is 0 Å². The molecule has 0 spiro atoms. The molecule has 0 aliphatic heterocycles. The van der Waals surface area contributed by atoms with E-state index in [1.807, 2.05) is 13.8 Å². The zero-order chi connectivity index (χ0) is 17.4. The molecular formula is C20H44N2. The van der Waals surface area contributed by atoms with E-state index < -0.39 is 0 Å². The summed E-state index contributed by atoms with van der Waals surface area (Å²) in [7, 11) is 0. The van der Waals surface area contributed by atoms with Crippen molar-refractivity contribution in [1.29, 1.82) is 0 Å². The molecule has 1 aliphatic rings. The molecule has 0 aromatic heterocycles. The minimum atomic E-state index is -0.0194. The van der Waals surface area contributed by atoms with Crippen molar-refractivity contribution >= 4 is 0 Å². The van der Waals surface area contributed by atoms with Crippen LogP contribution in [0.15, 0.2) is 0 Å². The zero-order valence-corrected chi connectivity index (χ0v) is 16.6. The highest BCUT2D eigenvalue weighted by Crippen LogP contribution is 2.37. The maximum atomic E-state index is 6.50. The van der Waals surface area contributed by atoms with Gasteiger partial charge in [-0.3, -0.25) is 0 Å². The van der Waals surface area contributed by atoms with Crippen LogP contribution in [0.2, 0.25) is 0 Å². The van der Waals surface area contributed by atoms with Crippen LogP contribution in [0.5, 0.6) is 0 Å². The fourth-order valence-corrected chi connectivity index (χ4v) is 3.44. The molecule has 0 amide bonds. The smallest absolute Gasteiger partial charge is 0.0126 e. The van der Waals surface area contributed by atoms with Crippen molar-refractivity contribution in [2.75, 3.05) is 0 Å². The van der Waals surface area contributed by atoms with E-state index in [0.717, 1.165) is 38.0 Å². The van der Waals surface area contributed by atoms with E-state index in [4.69, 9.17) is 11.5 Å². The Hall–Kier alpha value is -0.0800. The third kappa shape index (κ3) is 8.53. The largest absolute Gasteiger partial charge is 0.325 e. The molecule has 3 atom stereocenters. The van der Waals surface area contributed by atoms with Crippen molar-refractivity contribution < 1.29 is 0 Å². The highest BCUT2D eigenvalue weighted by atomic mass is 14.7. The van der Waals surface area contributed by atoms with Crippen molar-refractivity contribution in [2.45, 2.75) is 117 Å². The van der Waals surface area contributed by atoms with E-state index in [9.17, 15) is 0 Å². The Morgan fingerprint density at radius 3 is 1.64 bits per heavy atom. The van der Waals surface area contributed by atoms with Gasteiger partial charge in [0.2, 0.25) is 0 Å². The van der Waals surface area contributed by atoms with Crippen molar-refractivity contribution in [2.24, 2.45) is 22.8 Å². The van der Waals surface area contributed by atoms with Gasteiger partial charge in [-0.15, -0.1) is 0 Å². The van der Waals surface area contributed by atoms with E-state index in [0.29, 0.717) is 5.41 Å². The summed E-state index contributed by atoms with van der Waals surface area (Å²) in [5.74, 6) is 0.746. The second kappa shape index (κ2) is 9.27. The Bertz CT molecular complexity index is 292. The summed E-state index contributed by atoms with van der Waals surface area (Å²) in [5.41, 5.74) is 13.3. The third-order valence-corrected chi connectivity index (χ3v) is 5.80. The average molecular weight is 313 g/mol. The molecule has 1 saturated carbocycles. The van der Waals surface area contributed by atoms with Gasteiger partial charge in [-0.2, -0.15) is 0 Å². The van der Waals surface area contributed by atoms with Gasteiger partial charge >= 0.3 is 0 Å². The summed E-state index contributed by atoms with van der Waals surface area (Å²) in [6.07, 6.45) is 10.8. The summed E-state index contributed by atoms with van der Waals surface area (Å²) >= 11 is 0. The maximum absolute atomic E-state index is 6.50. The topological polar surface area (TPSA) is 52.0 Å². The summed E-state index contributed by atoms with van der Waals surface area (Å²) in [6, 6.07) is 0. The molecule has 1 aliphatic carbocycles. The Morgan fingerprint density at radius 2 is 1.09 bits per heavy atom. The van der Waals surface area contributed by atoms with Gasteiger partial charge in [-0.1, -0.05) is 47.5 Å². The molecule has 4 N–H and O–H groups in total. The standard InChI is InChI=1S/C18H38N2.C2H6/c1-15-9-14-18(5,20)13-8-12-17(4,19)11-7-6-10-16(15,2)3;1-2/h15H,6-14,19-20H2,1-5H3;1-2H3.